The lowest BCUT2D eigenvalue weighted by Gasteiger charge is -2.31. The molecule has 0 radical (unpaired) electrons. The molecular formula is C21H26N2O2. The highest BCUT2D eigenvalue weighted by molar-refractivity contribution is 5.93. The molecule has 1 aliphatic rings. The van der Waals surface area contributed by atoms with E-state index in [2.05, 4.69) is 23.7 Å². The molecule has 25 heavy (non-hydrogen) atoms. The third-order valence-electron chi connectivity index (χ3n) is 4.84. The predicted molar refractivity (Wildman–Crippen MR) is 102 cm³/mol. The van der Waals surface area contributed by atoms with Gasteiger partial charge in [0.15, 0.2) is 0 Å². The summed E-state index contributed by atoms with van der Waals surface area (Å²) < 4.78 is 5.86. The van der Waals surface area contributed by atoms with E-state index in [4.69, 9.17) is 4.74 Å². The standard InChI is InChI=1S/C21H26N2O2/c1-3-23-13-11-18(12-14-23)22-21(24)16(2)15-25-20-10-6-8-17-7-4-5-9-19(17)20/h4-10,18H,2-3,11-15H2,1H3,(H,22,24). The van der Waals surface area contributed by atoms with Crippen LogP contribution >= 0.6 is 0 Å². The smallest absolute Gasteiger partial charge is 0.250 e. The van der Waals surface area contributed by atoms with Crippen molar-refractivity contribution in [2.75, 3.05) is 26.2 Å². The molecule has 132 valence electrons. The van der Waals surface area contributed by atoms with E-state index >= 15 is 0 Å². The first-order valence-corrected chi connectivity index (χ1v) is 8.99. The lowest BCUT2D eigenvalue weighted by Crippen LogP contribution is -2.45. The Kier molecular flexibility index (Phi) is 5.71. The largest absolute Gasteiger partial charge is 0.488 e. The highest BCUT2D eigenvalue weighted by Gasteiger charge is 2.20. The van der Waals surface area contributed by atoms with E-state index in [1.54, 1.807) is 0 Å². The first kappa shape index (κ1) is 17.5. The molecule has 1 fully saturated rings. The molecule has 4 heteroatoms. The van der Waals surface area contributed by atoms with Gasteiger partial charge in [-0.15, -0.1) is 0 Å². The molecule has 4 nitrogen and oxygen atoms in total. The van der Waals surface area contributed by atoms with Crippen LogP contribution in [0.5, 0.6) is 5.75 Å². The number of likely N-dealkylation sites (tertiary alicyclic amines) is 1. The van der Waals surface area contributed by atoms with Gasteiger partial charge in [0.05, 0.1) is 0 Å². The monoisotopic (exact) mass is 338 g/mol. The molecule has 1 heterocycles. The van der Waals surface area contributed by atoms with E-state index in [9.17, 15) is 4.79 Å². The quantitative estimate of drug-likeness (QED) is 0.821. The van der Waals surface area contributed by atoms with Gasteiger partial charge in [0, 0.05) is 30.1 Å². The number of hydrogen-bond acceptors (Lipinski definition) is 3. The maximum atomic E-state index is 12.3. The minimum Gasteiger partial charge on any atom is -0.488 e. The van der Waals surface area contributed by atoms with E-state index in [0.717, 1.165) is 49.0 Å². The molecule has 0 aromatic heterocycles. The second kappa shape index (κ2) is 8.17. The predicted octanol–water partition coefficient (Wildman–Crippen LogP) is 3.38. The van der Waals surface area contributed by atoms with Gasteiger partial charge in [-0.1, -0.05) is 49.9 Å². The zero-order valence-corrected chi connectivity index (χ0v) is 14.8. The van der Waals surface area contributed by atoms with Crippen LogP contribution in [-0.2, 0) is 4.79 Å². The molecule has 1 N–H and O–H groups in total. The minimum absolute atomic E-state index is 0.102. The van der Waals surface area contributed by atoms with Gasteiger partial charge >= 0.3 is 0 Å². The second-order valence-electron chi connectivity index (χ2n) is 6.55. The molecule has 1 saturated heterocycles. The molecule has 0 saturated carbocycles. The fourth-order valence-electron chi connectivity index (χ4n) is 3.23. The number of amides is 1. The number of carbonyl (C=O) groups is 1. The van der Waals surface area contributed by atoms with Crippen LogP contribution in [0.25, 0.3) is 10.8 Å². The molecule has 1 aliphatic heterocycles. The fraction of sp³-hybridized carbons (Fsp3) is 0.381. The average molecular weight is 338 g/mol. The Hall–Kier alpha value is -2.33. The average Bonchev–Trinajstić information content (AvgIpc) is 2.66. The van der Waals surface area contributed by atoms with Crippen LogP contribution in [0.3, 0.4) is 0 Å². The lowest BCUT2D eigenvalue weighted by molar-refractivity contribution is -0.118. The van der Waals surface area contributed by atoms with Crippen LogP contribution in [0, 0.1) is 0 Å². The van der Waals surface area contributed by atoms with Gasteiger partial charge in [0.25, 0.3) is 0 Å². The fourth-order valence-corrected chi connectivity index (χ4v) is 3.23. The Balaban J connectivity index is 1.53. The normalized spacial score (nSPS) is 15.9. The summed E-state index contributed by atoms with van der Waals surface area (Å²) >= 11 is 0. The van der Waals surface area contributed by atoms with Crippen molar-refractivity contribution >= 4 is 16.7 Å². The zero-order chi connectivity index (χ0) is 17.6. The number of nitrogens with zero attached hydrogens (tertiary/aromatic N) is 1. The number of fused-ring (bicyclic) bond motifs is 1. The molecule has 0 spiro atoms. The van der Waals surface area contributed by atoms with Crippen molar-refractivity contribution in [2.45, 2.75) is 25.8 Å². The van der Waals surface area contributed by atoms with E-state index in [1.807, 2.05) is 42.5 Å². The van der Waals surface area contributed by atoms with Crippen molar-refractivity contribution in [1.29, 1.82) is 0 Å². The number of carbonyl (C=O) groups excluding carboxylic acids is 1. The lowest BCUT2D eigenvalue weighted by atomic mass is 10.0. The number of benzene rings is 2. The van der Waals surface area contributed by atoms with Crippen molar-refractivity contribution in [1.82, 2.24) is 10.2 Å². The Morgan fingerprint density at radius 1 is 1.20 bits per heavy atom. The van der Waals surface area contributed by atoms with Crippen molar-refractivity contribution in [3.63, 3.8) is 0 Å². The van der Waals surface area contributed by atoms with Gasteiger partial charge in [-0.25, -0.2) is 0 Å². The molecule has 0 aliphatic carbocycles. The number of rotatable bonds is 6. The number of hydrogen-bond donors (Lipinski definition) is 1. The van der Waals surface area contributed by atoms with Gasteiger partial charge in [-0.2, -0.15) is 0 Å². The third kappa shape index (κ3) is 4.40. The van der Waals surface area contributed by atoms with E-state index < -0.39 is 0 Å². The summed E-state index contributed by atoms with van der Waals surface area (Å²) in [5.41, 5.74) is 0.464. The molecule has 0 atom stereocenters. The first-order chi connectivity index (χ1) is 12.2. The van der Waals surface area contributed by atoms with Gasteiger partial charge in [0.2, 0.25) is 5.91 Å². The summed E-state index contributed by atoms with van der Waals surface area (Å²) in [5.74, 6) is 0.679. The van der Waals surface area contributed by atoms with Crippen LogP contribution in [-0.4, -0.2) is 43.1 Å². The third-order valence-corrected chi connectivity index (χ3v) is 4.84. The van der Waals surface area contributed by atoms with Crippen molar-refractivity contribution in [2.24, 2.45) is 0 Å². The summed E-state index contributed by atoms with van der Waals surface area (Å²) in [4.78, 5) is 14.7. The Bertz CT molecular complexity index is 743. The molecule has 0 bridgehead atoms. The molecule has 3 rings (SSSR count). The van der Waals surface area contributed by atoms with Gasteiger partial charge < -0.3 is 15.0 Å². The Morgan fingerprint density at radius 3 is 2.68 bits per heavy atom. The molecular weight excluding hydrogens is 312 g/mol. The number of ether oxygens (including phenoxy) is 1. The van der Waals surface area contributed by atoms with E-state index in [1.165, 1.54) is 0 Å². The SMILES string of the molecule is C=C(COc1cccc2ccccc12)C(=O)NC1CCN(CC)CC1. The van der Waals surface area contributed by atoms with Crippen molar-refractivity contribution < 1.29 is 9.53 Å². The van der Waals surface area contributed by atoms with Gasteiger partial charge in [-0.05, 0) is 30.8 Å². The second-order valence-corrected chi connectivity index (χ2v) is 6.55. The summed E-state index contributed by atoms with van der Waals surface area (Å²) in [6, 6.07) is 14.2. The number of nitrogens with one attached hydrogen (secondary N) is 1. The molecule has 2 aromatic rings. The molecule has 0 unspecified atom stereocenters. The zero-order valence-electron chi connectivity index (χ0n) is 14.8. The highest BCUT2D eigenvalue weighted by atomic mass is 16.5. The van der Waals surface area contributed by atoms with E-state index in [0.29, 0.717) is 5.57 Å². The summed E-state index contributed by atoms with van der Waals surface area (Å²) in [6.45, 7) is 9.43. The summed E-state index contributed by atoms with van der Waals surface area (Å²) in [5, 5.41) is 5.26. The Morgan fingerprint density at radius 2 is 1.92 bits per heavy atom. The number of piperidine rings is 1. The summed E-state index contributed by atoms with van der Waals surface area (Å²) in [7, 11) is 0. The van der Waals surface area contributed by atoms with Crippen LogP contribution in [0.1, 0.15) is 19.8 Å². The van der Waals surface area contributed by atoms with Crippen LogP contribution in [0.4, 0.5) is 0 Å². The van der Waals surface area contributed by atoms with Crippen LogP contribution < -0.4 is 10.1 Å². The first-order valence-electron chi connectivity index (χ1n) is 8.99. The molecule has 1 amide bonds. The topological polar surface area (TPSA) is 41.6 Å². The molecule has 2 aromatic carbocycles. The highest BCUT2D eigenvalue weighted by Crippen LogP contribution is 2.25. The van der Waals surface area contributed by atoms with Gasteiger partial charge in [-0.3, -0.25) is 4.79 Å². The maximum absolute atomic E-state index is 12.3. The Labute approximate surface area is 149 Å². The minimum atomic E-state index is -0.102. The summed E-state index contributed by atoms with van der Waals surface area (Å²) in [6.07, 6.45) is 1.99. The van der Waals surface area contributed by atoms with Crippen LogP contribution in [0.15, 0.2) is 54.6 Å². The van der Waals surface area contributed by atoms with Crippen LogP contribution in [0.2, 0.25) is 0 Å². The van der Waals surface area contributed by atoms with Crippen molar-refractivity contribution in [3.05, 3.63) is 54.6 Å². The van der Waals surface area contributed by atoms with E-state index in [-0.39, 0.29) is 18.6 Å². The van der Waals surface area contributed by atoms with Gasteiger partial charge in [0.1, 0.15) is 12.4 Å². The maximum Gasteiger partial charge on any atom is 0.250 e. The van der Waals surface area contributed by atoms with Crippen molar-refractivity contribution in [3.8, 4) is 5.75 Å².